The van der Waals surface area contributed by atoms with Gasteiger partial charge in [-0.25, -0.2) is 0 Å². The van der Waals surface area contributed by atoms with Gasteiger partial charge in [0.1, 0.15) is 0 Å². The molecule has 1 heteroatoms. The molecule has 0 saturated heterocycles. The molecule has 0 spiro atoms. The van der Waals surface area contributed by atoms with Crippen molar-refractivity contribution >= 4 is 23.0 Å². The van der Waals surface area contributed by atoms with E-state index in [9.17, 15) is 0 Å². The van der Waals surface area contributed by atoms with Crippen molar-refractivity contribution < 1.29 is 0 Å². The number of rotatable bonds is 6. The molecule has 0 aliphatic heterocycles. The van der Waals surface area contributed by atoms with Gasteiger partial charge in [0.05, 0.1) is 0 Å². The van der Waals surface area contributed by atoms with Crippen molar-refractivity contribution in [2.24, 2.45) is 0 Å². The van der Waals surface area contributed by atoms with Gasteiger partial charge in [-0.1, -0.05) is 0 Å². The van der Waals surface area contributed by atoms with E-state index < -0.39 is 0 Å². The third kappa shape index (κ3) is 8.56. The Balaban J connectivity index is 2.77. The second kappa shape index (κ2) is 9.56. The maximum atomic E-state index is 2.28. The SMILES string of the molecule is CCCCCCC/C=[CH]/[Sb]. The van der Waals surface area contributed by atoms with Gasteiger partial charge in [-0.15, -0.1) is 0 Å². The van der Waals surface area contributed by atoms with E-state index in [1.54, 1.807) is 23.0 Å². The van der Waals surface area contributed by atoms with Gasteiger partial charge < -0.3 is 0 Å². The normalized spacial score (nSPS) is 11.0. The molecule has 0 saturated carbocycles. The fraction of sp³-hybridized carbons (Fsp3) is 0.778. The summed E-state index contributed by atoms with van der Waals surface area (Å²) in [5.41, 5.74) is 0. The van der Waals surface area contributed by atoms with Gasteiger partial charge in [0.15, 0.2) is 0 Å². The van der Waals surface area contributed by atoms with Crippen LogP contribution >= 0.6 is 0 Å². The van der Waals surface area contributed by atoms with Gasteiger partial charge in [-0.05, 0) is 0 Å². The van der Waals surface area contributed by atoms with Crippen molar-refractivity contribution in [1.29, 1.82) is 0 Å². The quantitative estimate of drug-likeness (QED) is 0.499. The zero-order chi connectivity index (χ0) is 7.66. The Morgan fingerprint density at radius 1 is 1.10 bits per heavy atom. The van der Waals surface area contributed by atoms with E-state index in [0.717, 1.165) is 0 Å². The molecule has 0 unspecified atom stereocenters. The second-order valence-electron chi connectivity index (χ2n) is 2.59. The summed E-state index contributed by atoms with van der Waals surface area (Å²) in [6.45, 7) is 2.26. The van der Waals surface area contributed by atoms with Crippen LogP contribution in [0.3, 0.4) is 0 Å². The Kier molecular flexibility index (Phi) is 10.1. The number of hydrogen-bond acceptors (Lipinski definition) is 0. The zero-order valence-electron chi connectivity index (χ0n) is 6.84. The van der Waals surface area contributed by atoms with Crippen molar-refractivity contribution in [3.63, 3.8) is 0 Å². The summed E-state index contributed by atoms with van der Waals surface area (Å²) in [6, 6.07) is 0. The van der Waals surface area contributed by atoms with Crippen molar-refractivity contribution in [1.82, 2.24) is 0 Å². The molecule has 0 fully saturated rings. The summed E-state index contributed by atoms with van der Waals surface area (Å²) >= 11 is 1.78. The average Bonchev–Trinajstić information content (AvgIpc) is 1.97. The van der Waals surface area contributed by atoms with E-state index in [1.807, 2.05) is 0 Å². The molecule has 0 rings (SSSR count). The molecule has 10 heavy (non-hydrogen) atoms. The van der Waals surface area contributed by atoms with E-state index in [4.69, 9.17) is 0 Å². The summed E-state index contributed by atoms with van der Waals surface area (Å²) in [7, 11) is 0. The van der Waals surface area contributed by atoms with Crippen LogP contribution in [0.4, 0.5) is 0 Å². The van der Waals surface area contributed by atoms with Crippen LogP contribution in [0.1, 0.15) is 45.4 Å². The summed E-state index contributed by atoms with van der Waals surface area (Å²) < 4.78 is 2.19. The van der Waals surface area contributed by atoms with Crippen LogP contribution in [-0.4, -0.2) is 23.0 Å². The molecule has 0 aromatic heterocycles. The van der Waals surface area contributed by atoms with Crippen LogP contribution in [0.5, 0.6) is 0 Å². The van der Waals surface area contributed by atoms with Gasteiger partial charge in [-0.2, -0.15) is 0 Å². The maximum absolute atomic E-state index is 2.28. The first kappa shape index (κ1) is 10.6. The molecule has 58 valence electrons. The third-order valence-corrected chi connectivity index (χ3v) is 2.18. The molecule has 0 atom stereocenters. The molecule has 0 heterocycles. The van der Waals surface area contributed by atoms with Crippen molar-refractivity contribution in [2.45, 2.75) is 45.4 Å². The molecular formula is C9H17Sb. The number of hydrogen-bond donors (Lipinski definition) is 0. The Morgan fingerprint density at radius 2 is 1.80 bits per heavy atom. The van der Waals surface area contributed by atoms with Crippen LogP contribution < -0.4 is 0 Å². The van der Waals surface area contributed by atoms with E-state index >= 15 is 0 Å². The molecule has 2 radical (unpaired) electrons. The number of allylic oxidation sites excluding steroid dienone is 1. The third-order valence-electron chi connectivity index (χ3n) is 1.58. The monoisotopic (exact) mass is 246 g/mol. The molecule has 0 aliphatic rings. The molecule has 0 bridgehead atoms. The molecule has 0 aliphatic carbocycles. The summed E-state index contributed by atoms with van der Waals surface area (Å²) in [6.07, 6.45) is 10.6. The van der Waals surface area contributed by atoms with E-state index in [2.05, 4.69) is 17.0 Å². The zero-order valence-corrected chi connectivity index (χ0v) is 9.40. The first-order chi connectivity index (χ1) is 4.91. The van der Waals surface area contributed by atoms with Crippen LogP contribution in [0, 0.1) is 0 Å². The van der Waals surface area contributed by atoms with Gasteiger partial charge >= 0.3 is 78.6 Å². The molecule has 0 aromatic carbocycles. The average molecular weight is 247 g/mol. The molecule has 0 amide bonds. The minimum absolute atomic E-state index is 1.29. The van der Waals surface area contributed by atoms with Crippen molar-refractivity contribution in [3.8, 4) is 0 Å². The summed E-state index contributed by atoms with van der Waals surface area (Å²) in [4.78, 5) is 0. The molecule has 0 nitrogen and oxygen atoms in total. The van der Waals surface area contributed by atoms with Crippen molar-refractivity contribution in [3.05, 3.63) is 10.1 Å². The van der Waals surface area contributed by atoms with E-state index in [-0.39, 0.29) is 0 Å². The van der Waals surface area contributed by atoms with Crippen molar-refractivity contribution in [2.75, 3.05) is 0 Å². The van der Waals surface area contributed by atoms with Gasteiger partial charge in [0.2, 0.25) is 0 Å². The second-order valence-corrected chi connectivity index (χ2v) is 3.44. The fourth-order valence-electron chi connectivity index (χ4n) is 0.940. The van der Waals surface area contributed by atoms with E-state index in [1.165, 1.54) is 38.5 Å². The Hall–Kier alpha value is 0.558. The first-order valence-electron chi connectivity index (χ1n) is 4.21. The Bertz CT molecular complexity index is 76.8. The van der Waals surface area contributed by atoms with Crippen LogP contribution in [0.15, 0.2) is 10.1 Å². The van der Waals surface area contributed by atoms with Gasteiger partial charge in [0.25, 0.3) is 0 Å². The standard InChI is InChI=1S/C9H17.Sb/c1-3-5-7-9-8-6-4-2;/h1,3H,4-9H2,2H3;. The topological polar surface area (TPSA) is 0 Å². The van der Waals surface area contributed by atoms with Gasteiger partial charge in [-0.3, -0.25) is 0 Å². The van der Waals surface area contributed by atoms with Gasteiger partial charge in [0, 0.05) is 0 Å². The molecule has 0 N–H and O–H groups in total. The first-order valence-corrected chi connectivity index (χ1v) is 5.68. The number of unbranched alkanes of at least 4 members (excludes halogenated alkanes) is 5. The predicted molar refractivity (Wildman–Crippen MR) is 48.3 cm³/mol. The van der Waals surface area contributed by atoms with Crippen LogP contribution in [0.2, 0.25) is 0 Å². The Morgan fingerprint density at radius 3 is 2.40 bits per heavy atom. The molecule has 0 aromatic rings. The Labute approximate surface area is 78.6 Å². The summed E-state index contributed by atoms with van der Waals surface area (Å²) in [5, 5.41) is 0. The van der Waals surface area contributed by atoms with Crippen LogP contribution in [-0.2, 0) is 0 Å². The molecular weight excluding hydrogens is 230 g/mol. The fourth-order valence-corrected chi connectivity index (χ4v) is 1.37. The van der Waals surface area contributed by atoms with Crippen LogP contribution in [0.25, 0.3) is 0 Å². The summed E-state index contributed by atoms with van der Waals surface area (Å²) in [5.74, 6) is 0. The minimum atomic E-state index is 1.29. The predicted octanol–water partition coefficient (Wildman–Crippen LogP) is 3.03. The van der Waals surface area contributed by atoms with E-state index in [0.29, 0.717) is 0 Å².